The number of carbonyl (C=O) groups is 1. The highest BCUT2D eigenvalue weighted by molar-refractivity contribution is 5.74. The molecule has 2 aromatic carbocycles. The summed E-state index contributed by atoms with van der Waals surface area (Å²) in [5.41, 5.74) is 4.81. The number of hydrogen-bond acceptors (Lipinski definition) is 1. The zero-order valence-electron chi connectivity index (χ0n) is 18.2. The Morgan fingerprint density at radius 1 is 0.967 bits per heavy atom. The molecule has 1 aromatic heterocycles. The number of nitrogens with zero attached hydrogens (tertiary/aromatic N) is 2. The topological polar surface area (TPSA) is 37.3 Å². The van der Waals surface area contributed by atoms with E-state index in [4.69, 9.17) is 0 Å². The molecule has 158 valence electrons. The number of benzene rings is 2. The summed E-state index contributed by atoms with van der Waals surface area (Å²) in [6, 6.07) is 22.8. The molecule has 0 atom stereocenters. The fraction of sp³-hybridized carbons (Fsp3) is 0.346. The van der Waals surface area contributed by atoms with Gasteiger partial charge in [-0.1, -0.05) is 79.9 Å². The first-order valence-corrected chi connectivity index (χ1v) is 10.9. The van der Waals surface area contributed by atoms with E-state index in [0.29, 0.717) is 13.1 Å². The Morgan fingerprint density at radius 3 is 2.53 bits per heavy atom. The Bertz CT molecular complexity index is 917. The molecule has 0 saturated heterocycles. The van der Waals surface area contributed by atoms with Crippen LogP contribution in [-0.2, 0) is 19.6 Å². The molecular weight excluding hydrogens is 370 g/mol. The van der Waals surface area contributed by atoms with Gasteiger partial charge in [-0.25, -0.2) is 4.79 Å². The van der Waals surface area contributed by atoms with Crippen molar-refractivity contribution >= 4 is 6.03 Å². The molecule has 1 heterocycles. The van der Waals surface area contributed by atoms with E-state index in [1.54, 1.807) is 0 Å². The summed E-state index contributed by atoms with van der Waals surface area (Å²) < 4.78 is 2.24. The maximum Gasteiger partial charge on any atom is 0.318 e. The van der Waals surface area contributed by atoms with Gasteiger partial charge < -0.3 is 14.8 Å². The molecule has 3 aromatic rings. The minimum Gasteiger partial charge on any atom is -0.345 e. The molecule has 0 fully saturated rings. The first kappa shape index (κ1) is 21.7. The summed E-state index contributed by atoms with van der Waals surface area (Å²) in [5, 5.41) is 3.09. The largest absolute Gasteiger partial charge is 0.345 e. The Kier molecular flexibility index (Phi) is 8.13. The Labute approximate surface area is 180 Å². The lowest BCUT2D eigenvalue weighted by Crippen LogP contribution is -2.40. The van der Waals surface area contributed by atoms with Gasteiger partial charge in [-0.2, -0.15) is 0 Å². The fourth-order valence-corrected chi connectivity index (χ4v) is 3.64. The number of carbonyl (C=O) groups excluding carboxylic acids is 1. The van der Waals surface area contributed by atoms with Crippen LogP contribution in [0.5, 0.6) is 0 Å². The van der Waals surface area contributed by atoms with Crippen molar-refractivity contribution in [1.82, 2.24) is 14.8 Å². The van der Waals surface area contributed by atoms with E-state index in [1.165, 1.54) is 11.1 Å². The van der Waals surface area contributed by atoms with Crippen molar-refractivity contribution in [2.75, 3.05) is 6.54 Å². The van der Waals surface area contributed by atoms with E-state index >= 15 is 0 Å². The van der Waals surface area contributed by atoms with Crippen LogP contribution in [0.1, 0.15) is 48.6 Å². The van der Waals surface area contributed by atoms with E-state index in [0.717, 1.165) is 43.6 Å². The SMILES string of the molecule is CCCCCN(Cc1cccn1Cc1cccc(C)c1)C(=O)NCc1ccccc1. The highest BCUT2D eigenvalue weighted by Crippen LogP contribution is 2.13. The van der Waals surface area contributed by atoms with Crippen molar-refractivity contribution in [3.63, 3.8) is 0 Å². The van der Waals surface area contributed by atoms with Crippen molar-refractivity contribution in [3.8, 4) is 0 Å². The molecule has 4 nitrogen and oxygen atoms in total. The number of urea groups is 1. The minimum absolute atomic E-state index is 0.00161. The number of nitrogens with one attached hydrogen (secondary N) is 1. The summed E-state index contributed by atoms with van der Waals surface area (Å²) in [5.74, 6) is 0. The molecule has 0 radical (unpaired) electrons. The lowest BCUT2D eigenvalue weighted by Gasteiger charge is -2.24. The lowest BCUT2D eigenvalue weighted by atomic mass is 10.1. The molecular formula is C26H33N3O. The number of amides is 2. The standard InChI is InChI=1S/C26H33N3O/c1-3-4-8-16-29(26(30)27-19-23-12-6-5-7-13-23)21-25-15-10-17-28(25)20-24-14-9-11-22(2)18-24/h5-7,9-15,17-18H,3-4,8,16,19-21H2,1-2H3,(H,27,30). The van der Waals surface area contributed by atoms with Gasteiger partial charge in [0, 0.05) is 31.5 Å². The molecule has 0 bridgehead atoms. The third-order valence-electron chi connectivity index (χ3n) is 5.32. The van der Waals surface area contributed by atoms with Crippen LogP contribution in [0.2, 0.25) is 0 Å². The minimum atomic E-state index is -0.00161. The van der Waals surface area contributed by atoms with Crippen molar-refractivity contribution < 1.29 is 4.79 Å². The van der Waals surface area contributed by atoms with Crippen molar-refractivity contribution in [1.29, 1.82) is 0 Å². The van der Waals surface area contributed by atoms with Gasteiger partial charge in [0.2, 0.25) is 0 Å². The molecule has 0 aliphatic rings. The van der Waals surface area contributed by atoms with Crippen LogP contribution >= 0.6 is 0 Å². The average molecular weight is 404 g/mol. The van der Waals surface area contributed by atoms with Gasteiger partial charge in [0.05, 0.1) is 6.54 Å². The first-order chi connectivity index (χ1) is 14.7. The van der Waals surface area contributed by atoms with Crippen LogP contribution in [0, 0.1) is 6.92 Å². The second-order valence-electron chi connectivity index (χ2n) is 7.89. The van der Waals surface area contributed by atoms with Crippen molar-refractivity contribution in [2.24, 2.45) is 0 Å². The highest BCUT2D eigenvalue weighted by Gasteiger charge is 2.15. The average Bonchev–Trinajstić information content (AvgIpc) is 3.18. The Balaban J connectivity index is 1.67. The second kappa shape index (κ2) is 11.2. The second-order valence-corrected chi connectivity index (χ2v) is 7.89. The van der Waals surface area contributed by atoms with Gasteiger partial charge in [-0.3, -0.25) is 0 Å². The molecule has 4 heteroatoms. The monoisotopic (exact) mass is 403 g/mol. The normalized spacial score (nSPS) is 10.7. The van der Waals surface area contributed by atoms with Gasteiger partial charge in [-0.15, -0.1) is 0 Å². The summed E-state index contributed by atoms with van der Waals surface area (Å²) in [7, 11) is 0. The van der Waals surface area contributed by atoms with Crippen LogP contribution in [0.4, 0.5) is 4.79 Å². The van der Waals surface area contributed by atoms with Gasteiger partial charge in [-0.05, 0) is 36.6 Å². The summed E-state index contributed by atoms with van der Waals surface area (Å²) >= 11 is 0. The molecule has 1 N–H and O–H groups in total. The molecule has 0 saturated carbocycles. The zero-order chi connectivity index (χ0) is 21.2. The van der Waals surface area contributed by atoms with E-state index in [2.05, 4.69) is 66.3 Å². The number of aromatic nitrogens is 1. The van der Waals surface area contributed by atoms with Crippen LogP contribution in [0.15, 0.2) is 72.9 Å². The summed E-state index contributed by atoms with van der Waals surface area (Å²) in [6.45, 7) is 7.05. The summed E-state index contributed by atoms with van der Waals surface area (Å²) in [4.78, 5) is 14.9. The molecule has 0 unspecified atom stereocenters. The highest BCUT2D eigenvalue weighted by atomic mass is 16.2. The molecule has 30 heavy (non-hydrogen) atoms. The van der Waals surface area contributed by atoms with E-state index in [9.17, 15) is 4.79 Å². The number of hydrogen-bond donors (Lipinski definition) is 1. The lowest BCUT2D eigenvalue weighted by molar-refractivity contribution is 0.192. The first-order valence-electron chi connectivity index (χ1n) is 10.9. The predicted octanol–water partition coefficient (Wildman–Crippen LogP) is 5.75. The van der Waals surface area contributed by atoms with Gasteiger partial charge in [0.25, 0.3) is 0 Å². The van der Waals surface area contributed by atoms with E-state index in [-0.39, 0.29) is 6.03 Å². The van der Waals surface area contributed by atoms with Crippen molar-refractivity contribution in [2.45, 2.75) is 52.7 Å². The zero-order valence-corrected chi connectivity index (χ0v) is 18.2. The van der Waals surface area contributed by atoms with Gasteiger partial charge in [0.15, 0.2) is 0 Å². The quantitative estimate of drug-likeness (QED) is 0.430. The third kappa shape index (κ3) is 6.51. The number of unbranched alkanes of at least 4 members (excludes halogenated alkanes) is 2. The smallest absolute Gasteiger partial charge is 0.318 e. The van der Waals surface area contributed by atoms with E-state index in [1.807, 2.05) is 35.2 Å². The molecule has 0 aliphatic carbocycles. The van der Waals surface area contributed by atoms with Gasteiger partial charge >= 0.3 is 6.03 Å². The molecule has 0 spiro atoms. The van der Waals surface area contributed by atoms with Crippen LogP contribution in [0.25, 0.3) is 0 Å². The molecule has 2 amide bonds. The van der Waals surface area contributed by atoms with Crippen LogP contribution < -0.4 is 5.32 Å². The fourth-order valence-electron chi connectivity index (χ4n) is 3.64. The summed E-state index contributed by atoms with van der Waals surface area (Å²) in [6.07, 6.45) is 5.40. The van der Waals surface area contributed by atoms with Crippen LogP contribution in [0.3, 0.4) is 0 Å². The number of rotatable bonds is 10. The maximum absolute atomic E-state index is 13.0. The molecule has 0 aliphatic heterocycles. The van der Waals surface area contributed by atoms with E-state index < -0.39 is 0 Å². The maximum atomic E-state index is 13.0. The van der Waals surface area contributed by atoms with Crippen LogP contribution in [-0.4, -0.2) is 22.0 Å². The van der Waals surface area contributed by atoms with Crippen molar-refractivity contribution in [3.05, 3.63) is 95.3 Å². The Hall–Kier alpha value is -3.01. The third-order valence-corrected chi connectivity index (χ3v) is 5.32. The van der Waals surface area contributed by atoms with Gasteiger partial charge in [0.1, 0.15) is 0 Å². The Morgan fingerprint density at radius 2 is 1.77 bits per heavy atom. The predicted molar refractivity (Wildman–Crippen MR) is 123 cm³/mol. The number of aryl methyl sites for hydroxylation is 1. The molecule has 3 rings (SSSR count).